The van der Waals surface area contributed by atoms with E-state index in [2.05, 4.69) is 54.1 Å². The number of benzene rings is 1. The molecule has 0 aliphatic heterocycles. The standard InChI is InChI=1S/C28H39N3O2/c1-2-3-16-27(32)31(24-13-8-5-9-14-24)22-28(33)30(25-17-18-25)21-26-15-10-19-29(26)20-23-11-6-4-7-12-23/h4,6-7,10-12,15,19,24-25H,2-3,5,8-9,13-14,16-18,20-22H2,1H3. The van der Waals surface area contributed by atoms with Gasteiger partial charge in [0.05, 0.1) is 6.54 Å². The topological polar surface area (TPSA) is 45.6 Å². The Hall–Kier alpha value is -2.56. The Morgan fingerprint density at radius 3 is 2.30 bits per heavy atom. The quantitative estimate of drug-likeness (QED) is 0.462. The van der Waals surface area contributed by atoms with Crippen molar-refractivity contribution in [2.24, 2.45) is 0 Å². The van der Waals surface area contributed by atoms with Crippen molar-refractivity contribution in [3.63, 3.8) is 0 Å². The van der Waals surface area contributed by atoms with Gasteiger partial charge in [-0.2, -0.15) is 0 Å². The van der Waals surface area contributed by atoms with Gasteiger partial charge in [-0.05, 0) is 49.8 Å². The second kappa shape index (κ2) is 11.5. The summed E-state index contributed by atoms with van der Waals surface area (Å²) in [6, 6.07) is 15.2. The highest BCUT2D eigenvalue weighted by Gasteiger charge is 2.35. The van der Waals surface area contributed by atoms with E-state index in [4.69, 9.17) is 0 Å². The second-order valence-electron chi connectivity index (χ2n) is 9.78. The van der Waals surface area contributed by atoms with Crippen LogP contribution in [0.25, 0.3) is 0 Å². The van der Waals surface area contributed by atoms with Crippen LogP contribution < -0.4 is 0 Å². The van der Waals surface area contributed by atoms with Crippen LogP contribution in [0.4, 0.5) is 0 Å². The van der Waals surface area contributed by atoms with E-state index in [1.165, 1.54) is 12.0 Å². The molecule has 5 heteroatoms. The molecular weight excluding hydrogens is 410 g/mol. The Balaban J connectivity index is 1.45. The lowest BCUT2D eigenvalue weighted by atomic mass is 9.93. The van der Waals surface area contributed by atoms with Crippen molar-refractivity contribution in [2.45, 2.75) is 96.3 Å². The average Bonchev–Trinajstić information content (AvgIpc) is 3.60. The molecule has 2 saturated carbocycles. The lowest BCUT2D eigenvalue weighted by Crippen LogP contribution is -2.48. The lowest BCUT2D eigenvalue weighted by Gasteiger charge is -2.36. The van der Waals surface area contributed by atoms with Crippen LogP contribution in [0.2, 0.25) is 0 Å². The molecule has 2 aliphatic rings. The van der Waals surface area contributed by atoms with Crippen LogP contribution in [0.15, 0.2) is 48.7 Å². The summed E-state index contributed by atoms with van der Waals surface area (Å²) in [6.45, 7) is 3.77. The van der Waals surface area contributed by atoms with E-state index < -0.39 is 0 Å². The first-order valence-electron chi connectivity index (χ1n) is 12.9. The molecule has 0 bridgehead atoms. The third-order valence-electron chi connectivity index (χ3n) is 7.15. The second-order valence-corrected chi connectivity index (χ2v) is 9.78. The SMILES string of the molecule is CCCCC(=O)N(CC(=O)N(Cc1cccn1Cc1ccccc1)C1CC1)C1CCCCC1. The summed E-state index contributed by atoms with van der Waals surface area (Å²) in [7, 11) is 0. The van der Waals surface area contributed by atoms with Crippen LogP contribution >= 0.6 is 0 Å². The summed E-state index contributed by atoms with van der Waals surface area (Å²) in [5.74, 6) is 0.278. The molecule has 2 aromatic rings. The lowest BCUT2D eigenvalue weighted by molar-refractivity contribution is -0.144. The summed E-state index contributed by atoms with van der Waals surface area (Å²) in [6.07, 6.45) is 12.3. The van der Waals surface area contributed by atoms with Gasteiger partial charge in [-0.1, -0.05) is 62.9 Å². The van der Waals surface area contributed by atoms with E-state index in [-0.39, 0.29) is 24.4 Å². The number of rotatable bonds is 11. The number of amides is 2. The maximum absolute atomic E-state index is 13.6. The summed E-state index contributed by atoms with van der Waals surface area (Å²) >= 11 is 0. The Morgan fingerprint density at radius 1 is 0.879 bits per heavy atom. The van der Waals surface area contributed by atoms with Crippen molar-refractivity contribution in [3.8, 4) is 0 Å². The van der Waals surface area contributed by atoms with E-state index in [1.807, 2.05) is 15.9 Å². The molecule has 2 aliphatic carbocycles. The monoisotopic (exact) mass is 449 g/mol. The Kier molecular flexibility index (Phi) is 8.25. The number of nitrogens with zero attached hydrogens (tertiary/aromatic N) is 3. The first kappa shape index (κ1) is 23.6. The number of carbonyl (C=O) groups is 2. The molecule has 0 unspecified atom stereocenters. The number of aromatic nitrogens is 1. The van der Waals surface area contributed by atoms with Gasteiger partial charge in [-0.15, -0.1) is 0 Å². The molecule has 178 valence electrons. The molecule has 4 rings (SSSR count). The van der Waals surface area contributed by atoms with E-state index >= 15 is 0 Å². The highest BCUT2D eigenvalue weighted by Crippen LogP contribution is 2.30. The third kappa shape index (κ3) is 6.49. The normalized spacial score (nSPS) is 16.5. The first-order valence-corrected chi connectivity index (χ1v) is 12.9. The zero-order valence-electron chi connectivity index (χ0n) is 20.1. The molecule has 5 nitrogen and oxygen atoms in total. The Bertz CT molecular complexity index is 897. The minimum absolute atomic E-state index is 0.111. The van der Waals surface area contributed by atoms with Crippen LogP contribution in [-0.2, 0) is 22.7 Å². The van der Waals surface area contributed by atoms with Gasteiger partial charge < -0.3 is 14.4 Å². The molecule has 1 heterocycles. The van der Waals surface area contributed by atoms with Gasteiger partial charge in [0.1, 0.15) is 6.54 Å². The van der Waals surface area contributed by atoms with Crippen LogP contribution in [0, 0.1) is 0 Å². The molecule has 2 amide bonds. The Morgan fingerprint density at radius 2 is 1.61 bits per heavy atom. The fourth-order valence-electron chi connectivity index (χ4n) is 5.03. The fraction of sp³-hybridized carbons (Fsp3) is 0.571. The highest BCUT2D eigenvalue weighted by atomic mass is 16.2. The van der Waals surface area contributed by atoms with E-state index in [1.54, 1.807) is 0 Å². The molecule has 0 radical (unpaired) electrons. The van der Waals surface area contributed by atoms with Gasteiger partial charge in [0.15, 0.2) is 0 Å². The van der Waals surface area contributed by atoms with Crippen LogP contribution in [-0.4, -0.2) is 44.8 Å². The molecule has 33 heavy (non-hydrogen) atoms. The molecule has 1 aromatic heterocycles. The summed E-state index contributed by atoms with van der Waals surface area (Å²) in [4.78, 5) is 30.6. The fourth-order valence-corrected chi connectivity index (χ4v) is 5.03. The van der Waals surface area contributed by atoms with E-state index in [0.29, 0.717) is 19.0 Å². The molecule has 0 spiro atoms. The number of hydrogen-bond acceptors (Lipinski definition) is 2. The van der Waals surface area contributed by atoms with Crippen molar-refractivity contribution in [1.82, 2.24) is 14.4 Å². The molecular formula is C28H39N3O2. The third-order valence-corrected chi connectivity index (χ3v) is 7.15. The largest absolute Gasteiger partial charge is 0.345 e. The van der Waals surface area contributed by atoms with Crippen molar-refractivity contribution in [3.05, 3.63) is 59.9 Å². The predicted molar refractivity (Wildman–Crippen MR) is 132 cm³/mol. The predicted octanol–water partition coefficient (Wildman–Crippen LogP) is 5.38. The van der Waals surface area contributed by atoms with Crippen molar-refractivity contribution >= 4 is 11.8 Å². The first-order chi connectivity index (χ1) is 16.2. The van der Waals surface area contributed by atoms with E-state index in [9.17, 15) is 9.59 Å². The zero-order chi connectivity index (χ0) is 23.0. The van der Waals surface area contributed by atoms with Crippen molar-refractivity contribution in [2.75, 3.05) is 6.54 Å². The minimum Gasteiger partial charge on any atom is -0.345 e. The number of carbonyl (C=O) groups excluding carboxylic acids is 2. The summed E-state index contributed by atoms with van der Waals surface area (Å²) < 4.78 is 2.24. The van der Waals surface area contributed by atoms with Gasteiger partial charge >= 0.3 is 0 Å². The maximum Gasteiger partial charge on any atom is 0.242 e. The van der Waals surface area contributed by atoms with Crippen molar-refractivity contribution < 1.29 is 9.59 Å². The van der Waals surface area contributed by atoms with Crippen LogP contribution in [0.3, 0.4) is 0 Å². The Labute approximate surface area is 198 Å². The zero-order valence-corrected chi connectivity index (χ0v) is 20.1. The molecule has 0 saturated heterocycles. The van der Waals surface area contributed by atoms with Gasteiger partial charge in [-0.25, -0.2) is 0 Å². The minimum atomic E-state index is 0.111. The average molecular weight is 450 g/mol. The van der Waals surface area contributed by atoms with Gasteiger partial charge in [0, 0.05) is 36.9 Å². The summed E-state index contributed by atoms with van der Waals surface area (Å²) in [5, 5.41) is 0. The highest BCUT2D eigenvalue weighted by molar-refractivity contribution is 5.85. The van der Waals surface area contributed by atoms with E-state index in [0.717, 1.165) is 63.6 Å². The summed E-state index contributed by atoms with van der Waals surface area (Å²) in [5.41, 5.74) is 2.41. The van der Waals surface area contributed by atoms with Crippen molar-refractivity contribution in [1.29, 1.82) is 0 Å². The molecule has 0 atom stereocenters. The molecule has 0 N–H and O–H groups in total. The molecule has 1 aromatic carbocycles. The smallest absolute Gasteiger partial charge is 0.242 e. The van der Waals surface area contributed by atoms with Gasteiger partial charge in [-0.3, -0.25) is 9.59 Å². The number of hydrogen-bond donors (Lipinski definition) is 0. The van der Waals surface area contributed by atoms with Gasteiger partial charge in [0.25, 0.3) is 0 Å². The molecule has 2 fully saturated rings. The maximum atomic E-state index is 13.6. The van der Waals surface area contributed by atoms with Crippen LogP contribution in [0.1, 0.15) is 82.4 Å². The van der Waals surface area contributed by atoms with Gasteiger partial charge in [0.2, 0.25) is 11.8 Å². The van der Waals surface area contributed by atoms with Crippen LogP contribution in [0.5, 0.6) is 0 Å². The number of unbranched alkanes of at least 4 members (excludes halogenated alkanes) is 1.